The van der Waals surface area contributed by atoms with Gasteiger partial charge in [-0.15, -0.1) is 0 Å². The quantitative estimate of drug-likeness (QED) is 0.518. The number of nitrogens with zero attached hydrogens (tertiary/aromatic N) is 3. The third kappa shape index (κ3) is 3.79. The van der Waals surface area contributed by atoms with Crippen molar-refractivity contribution >= 4 is 39.8 Å². The van der Waals surface area contributed by atoms with Crippen LogP contribution in [0.3, 0.4) is 0 Å². The van der Waals surface area contributed by atoms with Gasteiger partial charge in [0.1, 0.15) is 12.3 Å². The number of amides is 1. The van der Waals surface area contributed by atoms with Crippen LogP contribution in [0.15, 0.2) is 41.5 Å². The van der Waals surface area contributed by atoms with Crippen molar-refractivity contribution in [3.8, 4) is 5.75 Å². The van der Waals surface area contributed by atoms with Gasteiger partial charge in [-0.3, -0.25) is 24.3 Å². The Labute approximate surface area is 163 Å². The summed E-state index contributed by atoms with van der Waals surface area (Å²) in [6, 6.07) is 7.03. The van der Waals surface area contributed by atoms with Crippen LogP contribution in [0.4, 0.5) is 11.4 Å². The number of fused-ring (bicyclic) bond motifs is 1. The highest BCUT2D eigenvalue weighted by Gasteiger charge is 2.14. The van der Waals surface area contributed by atoms with Crippen molar-refractivity contribution in [1.29, 1.82) is 0 Å². The van der Waals surface area contributed by atoms with Gasteiger partial charge < -0.3 is 10.1 Å². The van der Waals surface area contributed by atoms with Gasteiger partial charge in [0.2, 0.25) is 5.91 Å². The van der Waals surface area contributed by atoms with E-state index < -0.39 is 16.4 Å². The van der Waals surface area contributed by atoms with Gasteiger partial charge in [0, 0.05) is 23.2 Å². The molecule has 0 saturated heterocycles. The van der Waals surface area contributed by atoms with E-state index in [1.54, 1.807) is 19.1 Å². The molecule has 0 radical (unpaired) electrons. The SMILES string of the molecule is COc1cc(Cl)c(C)cc1NC(=O)Cn1cnc2ccc([N+](=O)[O-])cc2c1=O. The van der Waals surface area contributed by atoms with Crippen molar-refractivity contribution < 1.29 is 14.5 Å². The van der Waals surface area contributed by atoms with E-state index >= 15 is 0 Å². The van der Waals surface area contributed by atoms with Gasteiger partial charge in [0.25, 0.3) is 11.2 Å². The smallest absolute Gasteiger partial charge is 0.270 e. The van der Waals surface area contributed by atoms with Gasteiger partial charge in [0.05, 0.1) is 35.0 Å². The first-order valence-electron chi connectivity index (χ1n) is 8.07. The Morgan fingerprint density at radius 3 is 2.79 bits per heavy atom. The Bertz CT molecular complexity index is 1160. The standard InChI is InChI=1S/C18H15ClN4O5/c1-10-5-15(16(28-2)7-13(10)19)21-17(24)8-22-9-20-14-4-3-11(23(26)27)6-12(14)18(22)25/h3-7,9H,8H2,1-2H3,(H,21,24). The highest BCUT2D eigenvalue weighted by Crippen LogP contribution is 2.30. The van der Waals surface area contributed by atoms with Crippen LogP contribution in [0, 0.1) is 17.0 Å². The van der Waals surface area contributed by atoms with Gasteiger partial charge in [-0.1, -0.05) is 11.6 Å². The van der Waals surface area contributed by atoms with Crippen molar-refractivity contribution in [3.63, 3.8) is 0 Å². The molecule has 9 nitrogen and oxygen atoms in total. The van der Waals surface area contributed by atoms with E-state index in [9.17, 15) is 19.7 Å². The summed E-state index contributed by atoms with van der Waals surface area (Å²) in [6.45, 7) is 1.46. The van der Waals surface area contributed by atoms with Gasteiger partial charge >= 0.3 is 0 Å². The summed E-state index contributed by atoms with van der Waals surface area (Å²) in [6.07, 6.45) is 1.22. The number of benzene rings is 2. The summed E-state index contributed by atoms with van der Waals surface area (Å²) in [5.74, 6) is -0.114. The fourth-order valence-corrected chi connectivity index (χ4v) is 2.80. The predicted octanol–water partition coefficient (Wildman–Crippen LogP) is 2.91. The zero-order valence-electron chi connectivity index (χ0n) is 14.9. The Kier molecular flexibility index (Phi) is 5.27. The van der Waals surface area contributed by atoms with E-state index in [0.29, 0.717) is 22.0 Å². The molecule has 0 aliphatic heterocycles. The Hall–Kier alpha value is -3.46. The number of ether oxygens (including phenoxy) is 1. The average Bonchev–Trinajstić information content (AvgIpc) is 2.66. The van der Waals surface area contributed by atoms with E-state index in [0.717, 1.165) is 16.2 Å². The summed E-state index contributed by atoms with van der Waals surface area (Å²) in [4.78, 5) is 39.4. The minimum Gasteiger partial charge on any atom is -0.495 e. The van der Waals surface area contributed by atoms with Crippen molar-refractivity contribution in [2.45, 2.75) is 13.5 Å². The summed E-state index contributed by atoms with van der Waals surface area (Å²) < 4.78 is 6.29. The molecule has 1 heterocycles. The van der Waals surface area contributed by atoms with Crippen LogP contribution in [0.25, 0.3) is 10.9 Å². The van der Waals surface area contributed by atoms with Crippen LogP contribution in [-0.2, 0) is 11.3 Å². The number of carbonyl (C=O) groups excluding carboxylic acids is 1. The Balaban J connectivity index is 1.89. The van der Waals surface area contributed by atoms with Crippen LogP contribution < -0.4 is 15.6 Å². The molecule has 144 valence electrons. The first kappa shape index (κ1) is 19.3. The number of halogens is 1. The predicted molar refractivity (Wildman–Crippen MR) is 104 cm³/mol. The summed E-state index contributed by atoms with van der Waals surface area (Å²) in [7, 11) is 1.45. The van der Waals surface area contributed by atoms with Crippen molar-refractivity contribution in [1.82, 2.24) is 9.55 Å². The topological polar surface area (TPSA) is 116 Å². The maximum absolute atomic E-state index is 12.6. The largest absolute Gasteiger partial charge is 0.495 e. The molecule has 0 bridgehead atoms. The van der Waals surface area contributed by atoms with Crippen LogP contribution in [-0.4, -0.2) is 27.5 Å². The maximum atomic E-state index is 12.6. The molecule has 1 amide bonds. The van der Waals surface area contributed by atoms with E-state index in [-0.39, 0.29) is 17.6 Å². The molecule has 28 heavy (non-hydrogen) atoms. The van der Waals surface area contributed by atoms with Crippen molar-refractivity contribution in [3.05, 3.63) is 67.7 Å². The lowest BCUT2D eigenvalue weighted by Gasteiger charge is -2.13. The van der Waals surface area contributed by atoms with Crippen molar-refractivity contribution in [2.75, 3.05) is 12.4 Å². The second kappa shape index (κ2) is 7.65. The highest BCUT2D eigenvalue weighted by atomic mass is 35.5. The number of nitro groups is 1. The number of nitrogens with one attached hydrogen (secondary N) is 1. The van der Waals surface area contributed by atoms with Crippen molar-refractivity contribution in [2.24, 2.45) is 0 Å². The molecule has 3 aromatic rings. The van der Waals surface area contributed by atoms with Gasteiger partial charge in [-0.25, -0.2) is 4.98 Å². The molecule has 0 saturated carbocycles. The summed E-state index contributed by atoms with van der Waals surface area (Å²) in [5, 5.41) is 14.1. The number of carbonyl (C=O) groups is 1. The maximum Gasteiger partial charge on any atom is 0.270 e. The number of hydrogen-bond acceptors (Lipinski definition) is 6. The summed E-state index contributed by atoms with van der Waals surface area (Å²) in [5.41, 5.74) is 0.682. The molecular formula is C18H15ClN4O5. The van der Waals surface area contributed by atoms with Crippen LogP contribution in [0.1, 0.15) is 5.56 Å². The summed E-state index contributed by atoms with van der Waals surface area (Å²) >= 11 is 6.05. The van der Waals surface area contributed by atoms with Gasteiger partial charge in [-0.05, 0) is 24.6 Å². The first-order chi connectivity index (χ1) is 13.3. The lowest BCUT2D eigenvalue weighted by Crippen LogP contribution is -2.28. The molecule has 0 unspecified atom stereocenters. The molecule has 0 aliphatic carbocycles. The number of hydrogen-bond donors (Lipinski definition) is 1. The number of aromatic nitrogens is 2. The lowest BCUT2D eigenvalue weighted by atomic mass is 10.2. The highest BCUT2D eigenvalue weighted by molar-refractivity contribution is 6.31. The molecule has 1 N–H and O–H groups in total. The Morgan fingerprint density at radius 2 is 2.11 bits per heavy atom. The number of non-ortho nitro benzene ring substituents is 1. The normalized spacial score (nSPS) is 10.7. The van der Waals surface area contributed by atoms with Gasteiger partial charge in [-0.2, -0.15) is 0 Å². The van der Waals surface area contributed by atoms with E-state index in [2.05, 4.69) is 10.3 Å². The molecule has 1 aromatic heterocycles. The fraction of sp³-hybridized carbons (Fsp3) is 0.167. The molecule has 0 atom stereocenters. The molecule has 3 rings (SSSR count). The molecule has 10 heteroatoms. The van der Waals surface area contributed by atoms with Crippen LogP contribution >= 0.6 is 11.6 Å². The van der Waals surface area contributed by atoms with Gasteiger partial charge in [0.15, 0.2) is 0 Å². The van der Waals surface area contributed by atoms with E-state index in [4.69, 9.17) is 16.3 Å². The number of methoxy groups -OCH3 is 1. The second-order valence-electron chi connectivity index (χ2n) is 5.99. The van der Waals surface area contributed by atoms with E-state index in [1.807, 2.05) is 0 Å². The molecule has 0 fully saturated rings. The van der Waals surface area contributed by atoms with Crippen LogP contribution in [0.5, 0.6) is 5.75 Å². The zero-order chi connectivity index (χ0) is 20.4. The lowest BCUT2D eigenvalue weighted by molar-refractivity contribution is -0.384. The number of rotatable bonds is 5. The molecule has 2 aromatic carbocycles. The third-order valence-electron chi connectivity index (χ3n) is 4.09. The Morgan fingerprint density at radius 1 is 1.36 bits per heavy atom. The molecule has 0 aliphatic rings. The minimum atomic E-state index is -0.599. The molecular weight excluding hydrogens is 388 g/mol. The third-order valence-corrected chi connectivity index (χ3v) is 4.49. The molecule has 0 spiro atoms. The zero-order valence-corrected chi connectivity index (χ0v) is 15.7. The number of anilines is 1. The second-order valence-corrected chi connectivity index (χ2v) is 6.39. The number of nitro benzene ring substituents is 1. The monoisotopic (exact) mass is 402 g/mol. The first-order valence-corrected chi connectivity index (χ1v) is 8.45. The van der Waals surface area contributed by atoms with E-state index in [1.165, 1.54) is 25.6 Å². The average molecular weight is 403 g/mol. The van der Waals surface area contributed by atoms with Crippen LogP contribution in [0.2, 0.25) is 5.02 Å². The minimum absolute atomic E-state index is 0.0596. The fourth-order valence-electron chi connectivity index (χ4n) is 2.65. The number of aryl methyl sites for hydroxylation is 1.